The van der Waals surface area contributed by atoms with Crippen molar-refractivity contribution < 1.29 is 0 Å². The van der Waals surface area contributed by atoms with Gasteiger partial charge < -0.3 is 5.32 Å². The highest BCUT2D eigenvalue weighted by atomic mass is 15.0. The molecule has 20 heavy (non-hydrogen) atoms. The predicted molar refractivity (Wildman–Crippen MR) is 91.2 cm³/mol. The minimum Gasteiger partial charge on any atom is -0.316 e. The van der Waals surface area contributed by atoms with Crippen LogP contribution in [0.4, 0.5) is 0 Å². The largest absolute Gasteiger partial charge is 0.316 e. The van der Waals surface area contributed by atoms with Gasteiger partial charge in [-0.2, -0.15) is 0 Å². The lowest BCUT2D eigenvalue weighted by molar-refractivity contribution is 0.114. The summed E-state index contributed by atoms with van der Waals surface area (Å²) in [6, 6.07) is 0. The zero-order valence-electron chi connectivity index (χ0n) is 14.5. The third-order valence-electron chi connectivity index (χ3n) is 4.90. The van der Waals surface area contributed by atoms with Gasteiger partial charge >= 0.3 is 0 Å². The van der Waals surface area contributed by atoms with Crippen molar-refractivity contribution in [2.45, 2.75) is 97.8 Å². The Morgan fingerprint density at radius 2 is 1.30 bits per heavy atom. The third kappa shape index (κ3) is 7.67. The molecule has 1 saturated heterocycles. The van der Waals surface area contributed by atoms with Gasteiger partial charge in [0.05, 0.1) is 0 Å². The molecule has 0 bridgehead atoms. The summed E-state index contributed by atoms with van der Waals surface area (Å²) in [7, 11) is 0. The topological polar surface area (TPSA) is 12.0 Å². The molecule has 1 fully saturated rings. The molecular weight excluding hydrogens is 242 g/mol. The monoisotopic (exact) mass is 281 g/mol. The summed E-state index contributed by atoms with van der Waals surface area (Å²) < 4.78 is 0. The normalized spacial score (nSPS) is 17.4. The summed E-state index contributed by atoms with van der Waals surface area (Å²) in [4.78, 5) is 0. The summed E-state index contributed by atoms with van der Waals surface area (Å²) in [6.07, 6.45) is 17.5. The molecule has 1 heterocycles. The molecule has 0 aromatic rings. The molecule has 1 aliphatic heterocycles. The second-order valence-electron chi connectivity index (χ2n) is 7.63. The molecule has 1 nitrogen and oxygen atoms in total. The van der Waals surface area contributed by atoms with Gasteiger partial charge in [-0.3, -0.25) is 0 Å². The fourth-order valence-corrected chi connectivity index (χ4v) is 3.76. The van der Waals surface area contributed by atoms with E-state index >= 15 is 0 Å². The summed E-state index contributed by atoms with van der Waals surface area (Å²) in [5.41, 5.74) is 0.675. The molecule has 0 aromatic carbocycles. The van der Waals surface area contributed by atoms with Crippen LogP contribution in [0.25, 0.3) is 0 Å². The van der Waals surface area contributed by atoms with E-state index in [0.29, 0.717) is 5.41 Å². The van der Waals surface area contributed by atoms with Gasteiger partial charge in [-0.15, -0.1) is 0 Å². The Morgan fingerprint density at radius 1 is 0.800 bits per heavy atom. The van der Waals surface area contributed by atoms with Crippen LogP contribution in [0.2, 0.25) is 0 Å². The lowest BCUT2D eigenvalue weighted by Gasteiger charge is -2.44. The SMILES string of the molecule is CCCCCCCCCCCCC1(CC(C)C)CNC1. The first kappa shape index (κ1) is 18.0. The number of hydrogen-bond acceptors (Lipinski definition) is 1. The highest BCUT2D eigenvalue weighted by Gasteiger charge is 2.36. The van der Waals surface area contributed by atoms with E-state index in [9.17, 15) is 0 Å². The third-order valence-corrected chi connectivity index (χ3v) is 4.90. The van der Waals surface area contributed by atoms with Crippen molar-refractivity contribution in [1.29, 1.82) is 0 Å². The van der Waals surface area contributed by atoms with E-state index in [1.807, 2.05) is 0 Å². The minimum absolute atomic E-state index is 0.675. The van der Waals surface area contributed by atoms with Gasteiger partial charge in [0.25, 0.3) is 0 Å². The number of unbranched alkanes of at least 4 members (excludes halogenated alkanes) is 9. The van der Waals surface area contributed by atoms with Gasteiger partial charge in [-0.25, -0.2) is 0 Å². The Hall–Kier alpha value is -0.0400. The highest BCUT2D eigenvalue weighted by molar-refractivity contribution is 4.92. The van der Waals surface area contributed by atoms with Crippen molar-refractivity contribution in [2.24, 2.45) is 11.3 Å². The molecule has 0 aliphatic carbocycles. The number of nitrogens with one attached hydrogen (secondary N) is 1. The lowest BCUT2D eigenvalue weighted by atomic mass is 9.71. The molecule has 120 valence electrons. The molecule has 1 aliphatic rings. The van der Waals surface area contributed by atoms with Gasteiger partial charge in [-0.1, -0.05) is 85.0 Å². The van der Waals surface area contributed by atoms with Crippen molar-refractivity contribution in [3.8, 4) is 0 Å². The molecule has 0 amide bonds. The fourth-order valence-electron chi connectivity index (χ4n) is 3.76. The fraction of sp³-hybridized carbons (Fsp3) is 1.00. The van der Waals surface area contributed by atoms with Crippen molar-refractivity contribution in [1.82, 2.24) is 5.32 Å². The first-order valence-corrected chi connectivity index (χ1v) is 9.39. The van der Waals surface area contributed by atoms with E-state index in [0.717, 1.165) is 5.92 Å². The zero-order chi connectivity index (χ0) is 14.7. The molecule has 0 radical (unpaired) electrons. The van der Waals surface area contributed by atoms with Crippen molar-refractivity contribution in [3.63, 3.8) is 0 Å². The molecule has 0 atom stereocenters. The molecular formula is C19H39N. The van der Waals surface area contributed by atoms with E-state index in [4.69, 9.17) is 0 Å². The average Bonchev–Trinajstić information content (AvgIpc) is 2.37. The molecule has 1 rings (SSSR count). The quantitative estimate of drug-likeness (QED) is 0.412. The maximum atomic E-state index is 3.49. The Balaban J connectivity index is 1.89. The van der Waals surface area contributed by atoms with Crippen LogP contribution in [-0.4, -0.2) is 13.1 Å². The Labute approximate surface area is 128 Å². The zero-order valence-corrected chi connectivity index (χ0v) is 14.5. The van der Waals surface area contributed by atoms with Crippen molar-refractivity contribution in [2.75, 3.05) is 13.1 Å². The van der Waals surface area contributed by atoms with Crippen LogP contribution in [-0.2, 0) is 0 Å². The molecule has 1 N–H and O–H groups in total. The lowest BCUT2D eigenvalue weighted by Crippen LogP contribution is -2.53. The van der Waals surface area contributed by atoms with Gasteiger partial charge in [-0.05, 0) is 24.2 Å². The Morgan fingerprint density at radius 3 is 1.70 bits per heavy atom. The highest BCUT2D eigenvalue weighted by Crippen LogP contribution is 2.36. The summed E-state index contributed by atoms with van der Waals surface area (Å²) in [6.45, 7) is 9.60. The molecule has 0 spiro atoms. The standard InChI is InChI=1S/C19H39N/c1-4-5-6-7-8-9-10-11-12-13-14-19(15-18(2)3)16-20-17-19/h18,20H,4-17H2,1-3H3. The van der Waals surface area contributed by atoms with Gasteiger partial charge in [0.15, 0.2) is 0 Å². The number of hydrogen-bond donors (Lipinski definition) is 1. The van der Waals surface area contributed by atoms with E-state index in [2.05, 4.69) is 26.1 Å². The van der Waals surface area contributed by atoms with Crippen LogP contribution in [0.5, 0.6) is 0 Å². The first-order chi connectivity index (χ1) is 9.68. The average molecular weight is 282 g/mol. The van der Waals surface area contributed by atoms with Gasteiger partial charge in [0.1, 0.15) is 0 Å². The summed E-state index contributed by atoms with van der Waals surface area (Å²) in [5.74, 6) is 0.861. The van der Waals surface area contributed by atoms with E-state index in [1.54, 1.807) is 0 Å². The first-order valence-electron chi connectivity index (χ1n) is 9.39. The molecule has 0 unspecified atom stereocenters. The van der Waals surface area contributed by atoms with E-state index in [-0.39, 0.29) is 0 Å². The van der Waals surface area contributed by atoms with Crippen LogP contribution in [0.1, 0.15) is 97.8 Å². The van der Waals surface area contributed by atoms with E-state index in [1.165, 1.54) is 90.1 Å². The van der Waals surface area contributed by atoms with Crippen molar-refractivity contribution in [3.05, 3.63) is 0 Å². The van der Waals surface area contributed by atoms with Crippen LogP contribution in [0.3, 0.4) is 0 Å². The summed E-state index contributed by atoms with van der Waals surface area (Å²) >= 11 is 0. The smallest absolute Gasteiger partial charge is 0.00203 e. The second-order valence-corrected chi connectivity index (χ2v) is 7.63. The molecule has 0 aromatic heterocycles. The van der Waals surface area contributed by atoms with Gasteiger partial charge in [0, 0.05) is 13.1 Å². The Bertz CT molecular complexity index is 218. The second kappa shape index (κ2) is 10.7. The molecule has 1 heteroatoms. The van der Waals surface area contributed by atoms with Crippen LogP contribution >= 0.6 is 0 Å². The maximum Gasteiger partial charge on any atom is 0.00203 e. The number of rotatable bonds is 13. The summed E-state index contributed by atoms with van der Waals surface area (Å²) in [5, 5.41) is 3.49. The van der Waals surface area contributed by atoms with Crippen LogP contribution in [0, 0.1) is 11.3 Å². The van der Waals surface area contributed by atoms with E-state index < -0.39 is 0 Å². The van der Waals surface area contributed by atoms with Crippen LogP contribution in [0.15, 0.2) is 0 Å². The maximum absolute atomic E-state index is 3.49. The Kier molecular flexibility index (Phi) is 9.59. The minimum atomic E-state index is 0.675. The van der Waals surface area contributed by atoms with Crippen LogP contribution < -0.4 is 5.32 Å². The predicted octanol–water partition coefficient (Wildman–Crippen LogP) is 5.93. The van der Waals surface area contributed by atoms with Crippen molar-refractivity contribution >= 4 is 0 Å². The van der Waals surface area contributed by atoms with Gasteiger partial charge in [0.2, 0.25) is 0 Å². The molecule has 0 saturated carbocycles.